The Labute approximate surface area is 172 Å². The molecule has 1 saturated heterocycles. The first-order valence-corrected chi connectivity index (χ1v) is 12.7. The molecule has 154 valence electrons. The minimum absolute atomic E-state index is 0.0538. The first kappa shape index (κ1) is 20.2. The first-order valence-electron chi connectivity index (χ1n) is 10.3. The van der Waals surface area contributed by atoms with E-state index in [1.165, 1.54) is 32.1 Å². The Morgan fingerprint density at radius 3 is 2.50 bits per heavy atom. The summed E-state index contributed by atoms with van der Waals surface area (Å²) >= 11 is 1.59. The minimum Gasteiger partial charge on any atom is -0.325 e. The molecule has 2 heterocycles. The molecule has 0 spiro atoms. The number of nitrogens with zero attached hydrogens (tertiary/aromatic N) is 2. The normalized spacial score (nSPS) is 25.8. The first-order chi connectivity index (χ1) is 13.4. The highest BCUT2D eigenvalue weighted by Gasteiger charge is 2.32. The fourth-order valence-electron chi connectivity index (χ4n) is 4.34. The average Bonchev–Trinajstić information content (AvgIpc) is 2.86. The van der Waals surface area contributed by atoms with Crippen LogP contribution in [-0.2, 0) is 14.8 Å². The summed E-state index contributed by atoms with van der Waals surface area (Å²) in [6.45, 7) is 4.57. The molecule has 0 bridgehead atoms. The van der Waals surface area contributed by atoms with Gasteiger partial charge in [-0.3, -0.25) is 9.69 Å². The molecule has 1 aromatic carbocycles. The van der Waals surface area contributed by atoms with E-state index >= 15 is 0 Å². The maximum atomic E-state index is 13.2. The maximum Gasteiger partial charge on any atom is 0.243 e. The van der Waals surface area contributed by atoms with Gasteiger partial charge in [0.15, 0.2) is 0 Å². The van der Waals surface area contributed by atoms with Crippen LogP contribution in [0.4, 0.5) is 5.69 Å². The zero-order valence-electron chi connectivity index (χ0n) is 16.4. The fraction of sp³-hybridized carbons (Fsp3) is 0.650. The van der Waals surface area contributed by atoms with Crippen molar-refractivity contribution >= 4 is 33.4 Å². The Hall–Kier alpha value is -1.09. The second kappa shape index (κ2) is 8.34. The number of nitrogens with one attached hydrogen (secondary N) is 1. The number of hydrogen-bond donors (Lipinski definition) is 1. The van der Waals surface area contributed by atoms with E-state index in [1.807, 2.05) is 13.0 Å². The molecule has 4 rings (SSSR count). The Morgan fingerprint density at radius 1 is 1.07 bits per heavy atom. The minimum atomic E-state index is -3.55. The predicted octanol–water partition coefficient (Wildman–Crippen LogP) is 3.01. The predicted molar refractivity (Wildman–Crippen MR) is 112 cm³/mol. The Balaban J connectivity index is 1.47. The van der Waals surface area contributed by atoms with Crippen LogP contribution in [0, 0.1) is 5.92 Å². The lowest BCUT2D eigenvalue weighted by Crippen LogP contribution is -2.52. The number of sulfonamides is 1. The lowest BCUT2D eigenvalue weighted by atomic mass is 9.94. The van der Waals surface area contributed by atoms with E-state index in [0.717, 1.165) is 18.0 Å². The number of piperazine rings is 1. The molecule has 1 aromatic rings. The van der Waals surface area contributed by atoms with Gasteiger partial charge in [-0.15, -0.1) is 11.8 Å². The summed E-state index contributed by atoms with van der Waals surface area (Å²) in [7, 11) is -3.55. The Bertz CT molecular complexity index is 829. The number of benzene rings is 1. The molecule has 2 fully saturated rings. The van der Waals surface area contributed by atoms with Crippen LogP contribution >= 0.6 is 11.8 Å². The number of rotatable bonds is 3. The van der Waals surface area contributed by atoms with Crippen molar-refractivity contribution in [1.29, 1.82) is 0 Å². The van der Waals surface area contributed by atoms with Crippen LogP contribution in [-0.4, -0.2) is 61.5 Å². The van der Waals surface area contributed by atoms with E-state index in [4.69, 9.17) is 0 Å². The molecule has 1 N–H and O–H groups in total. The lowest BCUT2D eigenvalue weighted by Gasteiger charge is -2.40. The van der Waals surface area contributed by atoms with Crippen molar-refractivity contribution in [2.75, 3.05) is 37.2 Å². The van der Waals surface area contributed by atoms with Crippen molar-refractivity contribution in [2.45, 2.75) is 54.9 Å². The molecule has 0 radical (unpaired) electrons. The van der Waals surface area contributed by atoms with Crippen molar-refractivity contribution < 1.29 is 13.2 Å². The molecule has 6 nitrogen and oxygen atoms in total. The van der Waals surface area contributed by atoms with Gasteiger partial charge in [0, 0.05) is 48.8 Å². The monoisotopic (exact) mass is 423 g/mol. The largest absolute Gasteiger partial charge is 0.325 e. The molecular formula is C20H29N3O3S2. The van der Waals surface area contributed by atoms with Crippen molar-refractivity contribution in [3.63, 3.8) is 0 Å². The number of anilines is 1. The second-order valence-electron chi connectivity index (χ2n) is 8.09. The third-order valence-corrected chi connectivity index (χ3v) is 9.38. The third kappa shape index (κ3) is 4.10. The molecule has 28 heavy (non-hydrogen) atoms. The van der Waals surface area contributed by atoms with Gasteiger partial charge in [-0.2, -0.15) is 4.31 Å². The molecule has 8 heteroatoms. The smallest absolute Gasteiger partial charge is 0.243 e. The SMILES string of the molecule is CC1CSc2ccc(S(=O)(=O)N3CCN(C4CCCCC4)CC3)cc2NC1=O. The molecule has 2 aliphatic heterocycles. The fourth-order valence-corrected chi connectivity index (χ4v) is 6.80. The van der Waals surface area contributed by atoms with E-state index in [1.54, 1.807) is 28.2 Å². The summed E-state index contributed by atoms with van der Waals surface area (Å²) in [5.74, 6) is 0.556. The lowest BCUT2D eigenvalue weighted by molar-refractivity contribution is -0.118. The second-order valence-corrected chi connectivity index (χ2v) is 11.1. The van der Waals surface area contributed by atoms with E-state index in [-0.39, 0.29) is 16.7 Å². The number of carbonyl (C=O) groups excluding carboxylic acids is 1. The summed E-state index contributed by atoms with van der Waals surface area (Å²) in [4.78, 5) is 15.8. The van der Waals surface area contributed by atoms with Gasteiger partial charge in [-0.1, -0.05) is 26.2 Å². The van der Waals surface area contributed by atoms with Crippen LogP contribution in [0.3, 0.4) is 0 Å². The number of carbonyl (C=O) groups is 1. The summed E-state index contributed by atoms with van der Waals surface area (Å²) in [5, 5.41) is 2.89. The summed E-state index contributed by atoms with van der Waals surface area (Å²) < 4.78 is 28.0. The van der Waals surface area contributed by atoms with Gasteiger partial charge >= 0.3 is 0 Å². The highest BCUT2D eigenvalue weighted by atomic mass is 32.2. The van der Waals surface area contributed by atoms with E-state index in [2.05, 4.69) is 10.2 Å². The molecule has 1 saturated carbocycles. The molecule has 3 aliphatic rings. The Morgan fingerprint density at radius 2 is 1.79 bits per heavy atom. The van der Waals surface area contributed by atoms with Gasteiger partial charge in [0.05, 0.1) is 10.6 Å². The topological polar surface area (TPSA) is 69.7 Å². The van der Waals surface area contributed by atoms with Gasteiger partial charge in [0.1, 0.15) is 0 Å². The van der Waals surface area contributed by atoms with Crippen molar-refractivity contribution in [1.82, 2.24) is 9.21 Å². The number of fused-ring (bicyclic) bond motifs is 1. The van der Waals surface area contributed by atoms with Gasteiger partial charge in [0.2, 0.25) is 15.9 Å². The molecule has 1 amide bonds. The zero-order valence-corrected chi connectivity index (χ0v) is 18.0. The van der Waals surface area contributed by atoms with Crippen LogP contribution in [0.1, 0.15) is 39.0 Å². The molecule has 1 atom stereocenters. The van der Waals surface area contributed by atoms with Crippen molar-refractivity contribution in [3.8, 4) is 0 Å². The van der Waals surface area contributed by atoms with Crippen LogP contribution < -0.4 is 5.32 Å². The summed E-state index contributed by atoms with van der Waals surface area (Å²) in [5.41, 5.74) is 0.612. The highest BCUT2D eigenvalue weighted by Crippen LogP contribution is 2.35. The van der Waals surface area contributed by atoms with Crippen molar-refractivity contribution in [3.05, 3.63) is 18.2 Å². The van der Waals surface area contributed by atoms with Crippen LogP contribution in [0.15, 0.2) is 28.0 Å². The molecule has 0 aromatic heterocycles. The van der Waals surface area contributed by atoms with Gasteiger partial charge < -0.3 is 5.32 Å². The van der Waals surface area contributed by atoms with Gasteiger partial charge in [0.25, 0.3) is 0 Å². The molecular weight excluding hydrogens is 394 g/mol. The third-order valence-electron chi connectivity index (χ3n) is 6.15. The van der Waals surface area contributed by atoms with Crippen LogP contribution in [0.5, 0.6) is 0 Å². The highest BCUT2D eigenvalue weighted by molar-refractivity contribution is 7.99. The van der Waals surface area contributed by atoms with Crippen molar-refractivity contribution in [2.24, 2.45) is 5.92 Å². The summed E-state index contributed by atoms with van der Waals surface area (Å²) in [6.07, 6.45) is 6.40. The Kier molecular flexibility index (Phi) is 6.01. The standard InChI is InChI=1S/C20H29N3O3S2/c1-15-14-27-19-8-7-17(13-18(19)21-20(15)24)28(25,26)23-11-9-22(10-12-23)16-5-3-2-4-6-16/h7-8,13,15-16H,2-6,9-12,14H2,1H3,(H,21,24). The molecule has 1 aliphatic carbocycles. The van der Waals surface area contributed by atoms with Crippen LogP contribution in [0.2, 0.25) is 0 Å². The van der Waals surface area contributed by atoms with E-state index in [9.17, 15) is 13.2 Å². The summed E-state index contributed by atoms with van der Waals surface area (Å²) in [6, 6.07) is 5.75. The number of thioether (sulfide) groups is 1. The van der Waals surface area contributed by atoms with E-state index < -0.39 is 10.0 Å². The van der Waals surface area contributed by atoms with Gasteiger partial charge in [-0.25, -0.2) is 8.42 Å². The molecule has 1 unspecified atom stereocenters. The maximum absolute atomic E-state index is 13.2. The van der Waals surface area contributed by atoms with Gasteiger partial charge in [-0.05, 0) is 31.0 Å². The zero-order chi connectivity index (χ0) is 19.7. The quantitative estimate of drug-likeness (QED) is 0.809. The number of amides is 1. The average molecular weight is 424 g/mol. The number of hydrogen-bond acceptors (Lipinski definition) is 5. The van der Waals surface area contributed by atoms with Crippen LogP contribution in [0.25, 0.3) is 0 Å². The van der Waals surface area contributed by atoms with E-state index in [0.29, 0.717) is 30.6 Å².